The molecular weight excluding hydrogens is 760 g/mol. The Morgan fingerprint density at radius 2 is 0.825 bits per heavy atom. The van der Waals surface area contributed by atoms with Crippen molar-refractivity contribution in [3.8, 4) is 28.7 Å². The summed E-state index contributed by atoms with van der Waals surface area (Å²) in [5.41, 5.74) is -3.44. The molecule has 0 atom stereocenters. The Morgan fingerprint density at radius 1 is 0.491 bits per heavy atom. The summed E-state index contributed by atoms with van der Waals surface area (Å²) >= 11 is 0. The fourth-order valence-electron chi connectivity index (χ4n) is 6.13. The van der Waals surface area contributed by atoms with Gasteiger partial charge >= 0.3 is 0 Å². The van der Waals surface area contributed by atoms with Gasteiger partial charge in [-0.2, -0.15) is 8.78 Å². The molecule has 292 valence electrons. The quantitative estimate of drug-likeness (QED) is 0.0804. The van der Waals surface area contributed by atoms with Crippen LogP contribution in [0.2, 0.25) is 0 Å². The second-order valence-electron chi connectivity index (χ2n) is 13.8. The van der Waals surface area contributed by atoms with Gasteiger partial charge in [0.2, 0.25) is 17.4 Å². The summed E-state index contributed by atoms with van der Waals surface area (Å²) in [6.07, 6.45) is 0. The molecule has 0 aliphatic heterocycles. The van der Waals surface area contributed by atoms with Crippen LogP contribution in [0.3, 0.4) is 0 Å². The van der Waals surface area contributed by atoms with E-state index in [0.717, 1.165) is 35.4 Å². The molecule has 0 aliphatic carbocycles. The van der Waals surface area contributed by atoms with E-state index in [1.54, 1.807) is 24.3 Å². The third-order valence-corrected chi connectivity index (χ3v) is 9.41. The van der Waals surface area contributed by atoms with Crippen molar-refractivity contribution in [2.45, 2.75) is 39.0 Å². The highest BCUT2D eigenvalue weighted by atomic mass is 19.2. The SMILES string of the molecule is CC(C)c1c(F)c(F)c(C(=O)c2ccc(Oc3ccc(C(=O)c4c(F)c(F)c(Oc5ccc(C(C)(C)c6ccc(O)cc6)cc5)c(F)c4F)cc3)cc2)c(F)c1F. The molecule has 5 nitrogen and oxygen atoms in total. The molecule has 6 aromatic rings. The topological polar surface area (TPSA) is 72.8 Å². The van der Waals surface area contributed by atoms with Crippen LogP contribution in [-0.2, 0) is 5.41 Å². The molecule has 0 unspecified atom stereocenters. The number of carbonyl (C=O) groups excluding carboxylic acids is 2. The van der Waals surface area contributed by atoms with Crippen LogP contribution >= 0.6 is 0 Å². The van der Waals surface area contributed by atoms with Gasteiger partial charge in [-0.3, -0.25) is 9.59 Å². The van der Waals surface area contributed by atoms with Crippen molar-refractivity contribution >= 4 is 11.6 Å². The smallest absolute Gasteiger partial charge is 0.205 e. The van der Waals surface area contributed by atoms with E-state index in [1.807, 2.05) is 13.8 Å². The number of benzene rings is 6. The molecule has 0 aliphatic rings. The minimum absolute atomic E-state index is 0.0376. The van der Waals surface area contributed by atoms with Crippen LogP contribution in [0.25, 0.3) is 0 Å². The molecule has 0 spiro atoms. The summed E-state index contributed by atoms with van der Waals surface area (Å²) in [5.74, 6) is -19.9. The second-order valence-corrected chi connectivity index (χ2v) is 13.8. The summed E-state index contributed by atoms with van der Waals surface area (Å²) in [5, 5.41) is 9.60. The van der Waals surface area contributed by atoms with Crippen molar-refractivity contribution in [2.75, 3.05) is 0 Å². The fourth-order valence-corrected chi connectivity index (χ4v) is 6.13. The molecule has 0 bridgehead atoms. The summed E-state index contributed by atoms with van der Waals surface area (Å²) < 4.78 is 130. The Kier molecular flexibility index (Phi) is 11.0. The average molecular weight is 791 g/mol. The third-order valence-electron chi connectivity index (χ3n) is 9.41. The van der Waals surface area contributed by atoms with Gasteiger partial charge < -0.3 is 14.6 Å². The number of rotatable bonds is 11. The maximum Gasteiger partial charge on any atom is 0.205 e. The van der Waals surface area contributed by atoms with E-state index in [9.17, 15) is 32.3 Å². The first-order valence-corrected chi connectivity index (χ1v) is 17.2. The van der Waals surface area contributed by atoms with Gasteiger partial charge in [-0.15, -0.1) is 0 Å². The Hall–Kier alpha value is -6.50. The molecule has 0 heterocycles. The number of phenols is 1. The first-order chi connectivity index (χ1) is 26.9. The van der Waals surface area contributed by atoms with Crippen molar-refractivity contribution in [2.24, 2.45) is 0 Å². The minimum atomic E-state index is -1.99. The van der Waals surface area contributed by atoms with Crippen LogP contribution in [0, 0.1) is 46.5 Å². The van der Waals surface area contributed by atoms with Gasteiger partial charge in [0, 0.05) is 22.1 Å². The lowest BCUT2D eigenvalue weighted by atomic mass is 9.78. The molecule has 13 heteroatoms. The first kappa shape index (κ1) is 40.2. The van der Waals surface area contributed by atoms with Crippen LogP contribution in [0.15, 0.2) is 97.1 Å². The highest BCUT2D eigenvalue weighted by Crippen LogP contribution is 2.38. The van der Waals surface area contributed by atoms with Gasteiger partial charge in [-0.25, -0.2) is 26.3 Å². The van der Waals surface area contributed by atoms with Crippen LogP contribution in [0.4, 0.5) is 35.1 Å². The fraction of sp³-hybridized carbons (Fsp3) is 0.136. The van der Waals surface area contributed by atoms with Gasteiger partial charge in [0.05, 0.1) is 0 Å². The number of ketones is 2. The molecule has 0 radical (unpaired) electrons. The molecule has 0 saturated carbocycles. The normalized spacial score (nSPS) is 11.5. The molecule has 57 heavy (non-hydrogen) atoms. The number of hydrogen-bond donors (Lipinski definition) is 1. The lowest BCUT2D eigenvalue weighted by molar-refractivity contribution is 0.102. The van der Waals surface area contributed by atoms with Crippen molar-refractivity contribution in [3.05, 3.63) is 183 Å². The molecule has 0 saturated heterocycles. The Balaban J connectivity index is 1.16. The molecule has 6 rings (SSSR count). The number of halogens is 8. The maximum atomic E-state index is 15.2. The lowest BCUT2D eigenvalue weighted by Crippen LogP contribution is -2.18. The molecule has 1 N–H and O–H groups in total. The molecule has 6 aromatic carbocycles. The highest BCUT2D eigenvalue weighted by Gasteiger charge is 2.33. The minimum Gasteiger partial charge on any atom is -0.508 e. The monoisotopic (exact) mass is 790 g/mol. The van der Waals surface area contributed by atoms with Crippen LogP contribution in [-0.4, -0.2) is 16.7 Å². The number of hydrogen-bond acceptors (Lipinski definition) is 5. The molecule has 0 fully saturated rings. The zero-order valence-electron chi connectivity index (χ0n) is 30.4. The van der Waals surface area contributed by atoms with Crippen LogP contribution in [0.5, 0.6) is 28.7 Å². The summed E-state index contributed by atoms with van der Waals surface area (Å²) in [6.45, 7) is 6.46. The van der Waals surface area contributed by atoms with Crippen molar-refractivity contribution in [3.63, 3.8) is 0 Å². The average Bonchev–Trinajstić information content (AvgIpc) is 3.19. The van der Waals surface area contributed by atoms with E-state index in [0.29, 0.717) is 0 Å². The zero-order valence-corrected chi connectivity index (χ0v) is 30.4. The largest absolute Gasteiger partial charge is 0.508 e. The molecule has 0 aromatic heterocycles. The molecular formula is C44H30F8O5. The van der Waals surface area contributed by atoms with Gasteiger partial charge in [0.15, 0.2) is 46.5 Å². The van der Waals surface area contributed by atoms with Crippen molar-refractivity contribution < 1.29 is 59.3 Å². The Labute approximate surface area is 320 Å². The first-order valence-electron chi connectivity index (χ1n) is 17.2. The van der Waals surface area contributed by atoms with E-state index in [1.165, 1.54) is 62.4 Å². The van der Waals surface area contributed by atoms with Gasteiger partial charge in [-0.1, -0.05) is 52.0 Å². The standard InChI is InChI=1S/C44H30F8O5/c1-21(2)30-33(45)35(47)31(36(48)34(30)46)41(54)22-5-15-27(16-6-22)56-28-17-7-23(8-18-28)42(55)32-37(49)39(51)43(40(52)38(32)50)57-29-19-11-25(12-20-29)44(3,4)24-9-13-26(53)14-10-24/h5-21,53H,1-4H3. The number of ether oxygens (including phenoxy) is 2. The number of carbonyl (C=O) groups is 2. The van der Waals surface area contributed by atoms with Crippen molar-refractivity contribution in [1.82, 2.24) is 0 Å². The predicted molar refractivity (Wildman–Crippen MR) is 193 cm³/mol. The second kappa shape index (κ2) is 15.6. The zero-order chi connectivity index (χ0) is 41.5. The van der Waals surface area contributed by atoms with Gasteiger partial charge in [-0.05, 0) is 89.8 Å². The van der Waals surface area contributed by atoms with Crippen LogP contribution < -0.4 is 9.47 Å². The lowest BCUT2D eigenvalue weighted by Gasteiger charge is -2.26. The van der Waals surface area contributed by atoms with Gasteiger partial charge in [0.1, 0.15) is 34.1 Å². The van der Waals surface area contributed by atoms with E-state index in [2.05, 4.69) is 0 Å². The summed E-state index contributed by atoms with van der Waals surface area (Å²) in [4.78, 5) is 26.0. The third kappa shape index (κ3) is 7.57. The van der Waals surface area contributed by atoms with E-state index in [4.69, 9.17) is 9.47 Å². The van der Waals surface area contributed by atoms with E-state index in [-0.39, 0.29) is 34.1 Å². The molecule has 0 amide bonds. The summed E-state index contributed by atoms with van der Waals surface area (Å²) in [7, 11) is 0. The number of aromatic hydroxyl groups is 1. The maximum absolute atomic E-state index is 15.2. The van der Waals surface area contributed by atoms with E-state index < -0.39 is 91.9 Å². The van der Waals surface area contributed by atoms with Crippen LogP contribution in [0.1, 0.15) is 82.1 Å². The Morgan fingerprint density at radius 3 is 1.21 bits per heavy atom. The Bertz CT molecular complexity index is 2460. The predicted octanol–water partition coefficient (Wildman–Crippen LogP) is 12.0. The summed E-state index contributed by atoms with van der Waals surface area (Å²) in [6, 6.07) is 21.5. The number of phenolic OH excluding ortho intramolecular Hbond substituents is 1. The van der Waals surface area contributed by atoms with Crippen molar-refractivity contribution in [1.29, 1.82) is 0 Å². The van der Waals surface area contributed by atoms with Gasteiger partial charge in [0.25, 0.3) is 0 Å². The highest BCUT2D eigenvalue weighted by molar-refractivity contribution is 6.10. The van der Waals surface area contributed by atoms with E-state index >= 15 is 17.6 Å².